The van der Waals surface area contributed by atoms with Crippen molar-refractivity contribution in [2.24, 2.45) is 11.1 Å². The molecule has 2 aromatic heterocycles. The van der Waals surface area contributed by atoms with Gasteiger partial charge < -0.3 is 11.1 Å². The van der Waals surface area contributed by atoms with E-state index >= 15 is 0 Å². The van der Waals surface area contributed by atoms with E-state index in [2.05, 4.69) is 36.2 Å². The van der Waals surface area contributed by atoms with Gasteiger partial charge in [0.05, 0.1) is 0 Å². The molecule has 92 valence electrons. The van der Waals surface area contributed by atoms with Crippen LogP contribution in [0.25, 0.3) is 5.65 Å². The number of fused-ring (bicyclic) bond motifs is 1. The third-order valence-electron chi connectivity index (χ3n) is 2.83. The van der Waals surface area contributed by atoms with Crippen molar-refractivity contribution in [1.29, 1.82) is 0 Å². The van der Waals surface area contributed by atoms with Crippen LogP contribution in [0.5, 0.6) is 0 Å². The summed E-state index contributed by atoms with van der Waals surface area (Å²) in [6.07, 6.45) is 1.88. The van der Waals surface area contributed by atoms with Crippen LogP contribution < -0.4 is 11.1 Å². The van der Waals surface area contributed by atoms with Crippen molar-refractivity contribution >= 4 is 11.6 Å². The molecule has 0 bridgehead atoms. The molecule has 0 saturated heterocycles. The highest BCUT2D eigenvalue weighted by atomic mass is 15.3. The summed E-state index contributed by atoms with van der Waals surface area (Å²) in [5.74, 6) is 0.626. The monoisotopic (exact) mass is 233 g/mol. The summed E-state index contributed by atoms with van der Waals surface area (Å²) < 4.78 is 1.75. The topological polar surface area (TPSA) is 68.2 Å². The van der Waals surface area contributed by atoms with Gasteiger partial charge in [-0.15, -0.1) is 5.10 Å². The summed E-state index contributed by atoms with van der Waals surface area (Å²) in [5, 5.41) is 7.64. The summed E-state index contributed by atoms with van der Waals surface area (Å²) in [5.41, 5.74) is 6.68. The van der Waals surface area contributed by atoms with E-state index in [1.807, 2.05) is 24.4 Å². The van der Waals surface area contributed by atoms with E-state index in [9.17, 15) is 0 Å². The first-order valence-corrected chi connectivity index (χ1v) is 5.79. The van der Waals surface area contributed by atoms with E-state index in [0.29, 0.717) is 12.5 Å². The Morgan fingerprint density at radius 2 is 2.18 bits per heavy atom. The van der Waals surface area contributed by atoms with Crippen molar-refractivity contribution in [2.45, 2.75) is 26.8 Å². The molecular formula is C12H19N5. The molecule has 0 aliphatic heterocycles. The molecule has 1 unspecified atom stereocenters. The molecule has 0 saturated carbocycles. The minimum Gasteiger partial charge on any atom is -0.348 e. The van der Waals surface area contributed by atoms with E-state index in [1.165, 1.54) is 0 Å². The second-order valence-electron chi connectivity index (χ2n) is 5.24. The predicted octanol–water partition coefficient (Wildman–Crippen LogP) is 1.51. The molecule has 0 radical (unpaired) electrons. The minimum absolute atomic E-state index is 0.0756. The fourth-order valence-corrected chi connectivity index (χ4v) is 1.68. The van der Waals surface area contributed by atoms with E-state index in [1.54, 1.807) is 4.52 Å². The number of rotatable bonds is 3. The third kappa shape index (κ3) is 2.55. The number of nitrogens with zero attached hydrogens (tertiary/aromatic N) is 3. The van der Waals surface area contributed by atoms with E-state index in [-0.39, 0.29) is 11.5 Å². The SMILES string of the molecule is CC(C)(C)C(CN)Nc1nc2ccccn2n1. The van der Waals surface area contributed by atoms with Gasteiger partial charge in [-0.25, -0.2) is 4.52 Å². The Morgan fingerprint density at radius 1 is 1.41 bits per heavy atom. The third-order valence-corrected chi connectivity index (χ3v) is 2.83. The highest BCUT2D eigenvalue weighted by Gasteiger charge is 2.24. The molecule has 2 heterocycles. The van der Waals surface area contributed by atoms with Gasteiger partial charge in [-0.3, -0.25) is 0 Å². The zero-order chi connectivity index (χ0) is 12.5. The smallest absolute Gasteiger partial charge is 0.243 e. The van der Waals surface area contributed by atoms with Gasteiger partial charge in [0.25, 0.3) is 0 Å². The zero-order valence-electron chi connectivity index (χ0n) is 10.5. The van der Waals surface area contributed by atoms with E-state index in [4.69, 9.17) is 5.73 Å². The summed E-state index contributed by atoms with van der Waals surface area (Å²) in [4.78, 5) is 4.40. The number of pyridine rings is 1. The van der Waals surface area contributed by atoms with Crippen molar-refractivity contribution in [2.75, 3.05) is 11.9 Å². The second-order valence-corrected chi connectivity index (χ2v) is 5.24. The van der Waals surface area contributed by atoms with Crippen LogP contribution in [0.15, 0.2) is 24.4 Å². The predicted molar refractivity (Wildman–Crippen MR) is 68.9 cm³/mol. The maximum atomic E-state index is 5.78. The molecule has 0 aliphatic rings. The lowest BCUT2D eigenvalue weighted by atomic mass is 9.87. The molecule has 5 heteroatoms. The lowest BCUT2D eigenvalue weighted by molar-refractivity contribution is 0.344. The van der Waals surface area contributed by atoms with Gasteiger partial charge in [-0.05, 0) is 17.5 Å². The number of hydrogen-bond acceptors (Lipinski definition) is 4. The van der Waals surface area contributed by atoms with Gasteiger partial charge >= 0.3 is 0 Å². The van der Waals surface area contributed by atoms with Crippen LogP contribution >= 0.6 is 0 Å². The number of nitrogens with one attached hydrogen (secondary N) is 1. The zero-order valence-corrected chi connectivity index (χ0v) is 10.5. The molecule has 0 fully saturated rings. The van der Waals surface area contributed by atoms with Crippen LogP contribution in [0.3, 0.4) is 0 Å². The summed E-state index contributed by atoms with van der Waals surface area (Å²) in [6, 6.07) is 5.94. The van der Waals surface area contributed by atoms with E-state index in [0.717, 1.165) is 5.65 Å². The first kappa shape index (κ1) is 11.9. The minimum atomic E-state index is 0.0756. The van der Waals surface area contributed by atoms with Crippen molar-refractivity contribution in [3.05, 3.63) is 24.4 Å². The Balaban J connectivity index is 2.23. The summed E-state index contributed by atoms with van der Waals surface area (Å²) in [6.45, 7) is 6.99. The quantitative estimate of drug-likeness (QED) is 0.843. The first-order valence-electron chi connectivity index (χ1n) is 5.79. The van der Waals surface area contributed by atoms with Crippen LogP contribution in [0.4, 0.5) is 5.95 Å². The van der Waals surface area contributed by atoms with E-state index < -0.39 is 0 Å². The number of nitrogens with two attached hydrogens (primary N) is 1. The molecule has 0 aromatic carbocycles. The molecule has 2 rings (SSSR count). The maximum Gasteiger partial charge on any atom is 0.243 e. The Hall–Kier alpha value is -1.62. The lowest BCUT2D eigenvalue weighted by Gasteiger charge is -2.29. The van der Waals surface area contributed by atoms with Crippen LogP contribution in [-0.4, -0.2) is 27.2 Å². The molecule has 2 aromatic rings. The molecule has 0 spiro atoms. The number of aromatic nitrogens is 3. The Kier molecular flexibility index (Phi) is 3.02. The standard InChI is InChI=1S/C12H19N5/c1-12(2,3)9(8-13)14-11-15-10-6-4-5-7-17(10)16-11/h4-7,9H,8,13H2,1-3H3,(H,14,16). The fraction of sp³-hybridized carbons (Fsp3) is 0.500. The second kappa shape index (κ2) is 4.33. The largest absolute Gasteiger partial charge is 0.348 e. The normalized spacial score (nSPS) is 13.9. The molecule has 3 N–H and O–H groups in total. The van der Waals surface area contributed by atoms with Crippen molar-refractivity contribution in [3.8, 4) is 0 Å². The molecule has 0 aliphatic carbocycles. The van der Waals surface area contributed by atoms with Gasteiger partial charge in [0.1, 0.15) is 0 Å². The van der Waals surface area contributed by atoms with Crippen molar-refractivity contribution in [3.63, 3.8) is 0 Å². The molecule has 17 heavy (non-hydrogen) atoms. The molecular weight excluding hydrogens is 214 g/mol. The van der Waals surface area contributed by atoms with Gasteiger partial charge in [-0.2, -0.15) is 4.98 Å². The van der Waals surface area contributed by atoms with Gasteiger partial charge in [0.2, 0.25) is 5.95 Å². The highest BCUT2D eigenvalue weighted by molar-refractivity contribution is 5.43. The molecule has 0 amide bonds. The van der Waals surface area contributed by atoms with Gasteiger partial charge in [0.15, 0.2) is 5.65 Å². The average molecular weight is 233 g/mol. The Labute approximate surface area is 101 Å². The van der Waals surface area contributed by atoms with Gasteiger partial charge in [-0.1, -0.05) is 26.8 Å². The first-order chi connectivity index (χ1) is 8.00. The van der Waals surface area contributed by atoms with Crippen LogP contribution in [-0.2, 0) is 0 Å². The number of hydrogen-bond donors (Lipinski definition) is 2. The maximum absolute atomic E-state index is 5.78. The van der Waals surface area contributed by atoms with Crippen molar-refractivity contribution < 1.29 is 0 Å². The van der Waals surface area contributed by atoms with Crippen LogP contribution in [0.1, 0.15) is 20.8 Å². The Morgan fingerprint density at radius 3 is 2.76 bits per heavy atom. The average Bonchev–Trinajstić information content (AvgIpc) is 2.66. The summed E-state index contributed by atoms with van der Waals surface area (Å²) >= 11 is 0. The highest BCUT2D eigenvalue weighted by Crippen LogP contribution is 2.21. The number of anilines is 1. The van der Waals surface area contributed by atoms with Gasteiger partial charge in [0, 0.05) is 18.8 Å². The molecule has 5 nitrogen and oxygen atoms in total. The van der Waals surface area contributed by atoms with Crippen molar-refractivity contribution in [1.82, 2.24) is 14.6 Å². The Bertz CT molecular complexity index is 464. The lowest BCUT2D eigenvalue weighted by Crippen LogP contribution is -2.40. The fourth-order valence-electron chi connectivity index (χ4n) is 1.68. The van der Waals surface area contributed by atoms with Crippen LogP contribution in [0.2, 0.25) is 0 Å². The van der Waals surface area contributed by atoms with Crippen LogP contribution in [0, 0.1) is 5.41 Å². The molecule has 1 atom stereocenters. The summed E-state index contributed by atoms with van der Waals surface area (Å²) in [7, 11) is 0.